The molecule has 0 aliphatic carbocycles. The second-order valence-corrected chi connectivity index (χ2v) is 7.09. The second kappa shape index (κ2) is 8.27. The van der Waals surface area contributed by atoms with Gasteiger partial charge in [0, 0.05) is 5.56 Å². The van der Waals surface area contributed by atoms with E-state index in [0.29, 0.717) is 16.6 Å². The highest BCUT2D eigenvalue weighted by Crippen LogP contribution is 2.37. The highest BCUT2D eigenvalue weighted by Gasteiger charge is 2.33. The summed E-state index contributed by atoms with van der Waals surface area (Å²) >= 11 is 0. The number of rotatable bonds is 4. The van der Waals surface area contributed by atoms with Crippen molar-refractivity contribution < 1.29 is 23.2 Å². The van der Waals surface area contributed by atoms with Gasteiger partial charge in [0.05, 0.1) is 29.3 Å². The van der Waals surface area contributed by atoms with E-state index in [4.69, 9.17) is 5.21 Å². The van der Waals surface area contributed by atoms with Gasteiger partial charge in [-0.25, -0.2) is 10.5 Å². The Hall–Kier alpha value is -3.98. The summed E-state index contributed by atoms with van der Waals surface area (Å²) in [5, 5.41) is 8.97. The van der Waals surface area contributed by atoms with E-state index in [-0.39, 0.29) is 23.1 Å². The molecule has 1 heterocycles. The topological polar surface area (TPSA) is 84.2 Å². The largest absolute Gasteiger partial charge is 0.417 e. The Labute approximate surface area is 179 Å². The monoisotopic (exact) mass is 439 g/mol. The van der Waals surface area contributed by atoms with Crippen LogP contribution >= 0.6 is 0 Å². The van der Waals surface area contributed by atoms with Crippen LogP contribution in [0.5, 0.6) is 0 Å². The lowest BCUT2D eigenvalue weighted by molar-refractivity contribution is -0.137. The number of amides is 1. The predicted molar refractivity (Wildman–Crippen MR) is 111 cm³/mol. The van der Waals surface area contributed by atoms with Crippen LogP contribution in [0.1, 0.15) is 21.5 Å². The van der Waals surface area contributed by atoms with Crippen LogP contribution in [0, 0.1) is 0 Å². The van der Waals surface area contributed by atoms with E-state index < -0.39 is 23.2 Å². The molecule has 0 bridgehead atoms. The van der Waals surface area contributed by atoms with Gasteiger partial charge in [0.2, 0.25) is 0 Å². The van der Waals surface area contributed by atoms with Crippen LogP contribution in [-0.2, 0) is 12.7 Å². The van der Waals surface area contributed by atoms with Gasteiger partial charge in [-0.05, 0) is 47.0 Å². The zero-order valence-corrected chi connectivity index (χ0v) is 16.4. The van der Waals surface area contributed by atoms with Crippen LogP contribution < -0.4 is 11.0 Å². The number of alkyl halides is 3. The predicted octanol–water partition coefficient (Wildman–Crippen LogP) is 4.25. The SMILES string of the molecule is O=C(NO)c1ccc2ncn(Cc3cccc(-c4ccccc4C(F)(F)F)c3)c(=O)c2c1. The van der Waals surface area contributed by atoms with Crippen molar-refractivity contribution in [3.63, 3.8) is 0 Å². The van der Waals surface area contributed by atoms with Crippen LogP contribution in [0.3, 0.4) is 0 Å². The van der Waals surface area contributed by atoms with Crippen molar-refractivity contribution in [3.8, 4) is 11.1 Å². The number of benzene rings is 3. The van der Waals surface area contributed by atoms with E-state index in [1.807, 2.05) is 0 Å². The molecule has 1 amide bonds. The fourth-order valence-corrected chi connectivity index (χ4v) is 3.49. The smallest absolute Gasteiger partial charge is 0.294 e. The Balaban J connectivity index is 1.73. The molecule has 0 aliphatic rings. The summed E-state index contributed by atoms with van der Waals surface area (Å²) in [6.45, 7) is 0.0697. The van der Waals surface area contributed by atoms with E-state index >= 15 is 0 Å². The molecule has 3 aromatic carbocycles. The standard InChI is InChI=1S/C23H16F3N3O3/c24-23(25,26)19-7-2-1-6-17(19)15-5-3-4-14(10-15)12-29-13-27-20-9-8-16(21(30)28-32)11-18(20)22(29)31/h1-11,13,32H,12H2,(H,28,30). The van der Waals surface area contributed by atoms with Gasteiger partial charge < -0.3 is 0 Å². The van der Waals surface area contributed by atoms with E-state index in [1.165, 1.54) is 52.8 Å². The second-order valence-electron chi connectivity index (χ2n) is 7.09. The molecule has 0 unspecified atom stereocenters. The first-order chi connectivity index (χ1) is 15.3. The van der Waals surface area contributed by atoms with Crippen LogP contribution in [-0.4, -0.2) is 20.7 Å². The average Bonchev–Trinajstić information content (AvgIpc) is 2.80. The summed E-state index contributed by atoms with van der Waals surface area (Å²) in [7, 11) is 0. The van der Waals surface area contributed by atoms with Crippen molar-refractivity contribution in [2.24, 2.45) is 0 Å². The third kappa shape index (κ3) is 4.10. The van der Waals surface area contributed by atoms with Gasteiger partial charge >= 0.3 is 6.18 Å². The van der Waals surface area contributed by atoms with Gasteiger partial charge in [-0.1, -0.05) is 36.4 Å². The summed E-state index contributed by atoms with van der Waals surface area (Å²) in [6, 6.07) is 16.0. The number of aromatic nitrogens is 2. The summed E-state index contributed by atoms with van der Waals surface area (Å²) in [4.78, 5) is 28.8. The van der Waals surface area contributed by atoms with E-state index in [9.17, 15) is 22.8 Å². The number of halogens is 3. The lowest BCUT2D eigenvalue weighted by Crippen LogP contribution is -2.23. The van der Waals surface area contributed by atoms with Gasteiger partial charge in [0.25, 0.3) is 11.5 Å². The summed E-state index contributed by atoms with van der Waals surface area (Å²) in [5.74, 6) is -0.766. The van der Waals surface area contributed by atoms with Gasteiger partial charge in [0.1, 0.15) is 0 Å². The van der Waals surface area contributed by atoms with Crippen molar-refractivity contribution in [3.05, 3.63) is 100 Å². The number of nitrogens with zero attached hydrogens (tertiary/aromatic N) is 2. The molecule has 0 spiro atoms. The van der Waals surface area contributed by atoms with Gasteiger partial charge in [-0.15, -0.1) is 0 Å². The minimum absolute atomic E-state index is 0.0468. The zero-order chi connectivity index (χ0) is 22.9. The molecule has 0 fully saturated rings. The highest BCUT2D eigenvalue weighted by atomic mass is 19.4. The summed E-state index contributed by atoms with van der Waals surface area (Å²) in [6.07, 6.45) is -3.16. The fourth-order valence-electron chi connectivity index (χ4n) is 3.49. The van der Waals surface area contributed by atoms with Crippen molar-refractivity contribution in [1.29, 1.82) is 0 Å². The van der Waals surface area contributed by atoms with Crippen LogP contribution in [0.15, 0.2) is 77.9 Å². The molecule has 6 nitrogen and oxygen atoms in total. The van der Waals surface area contributed by atoms with E-state index in [0.717, 1.165) is 6.07 Å². The number of hydrogen-bond donors (Lipinski definition) is 2. The number of nitrogens with one attached hydrogen (secondary N) is 1. The maximum atomic E-state index is 13.4. The molecule has 0 saturated heterocycles. The van der Waals surface area contributed by atoms with Crippen molar-refractivity contribution in [1.82, 2.24) is 15.0 Å². The average molecular weight is 439 g/mol. The summed E-state index contributed by atoms with van der Waals surface area (Å²) < 4.78 is 41.5. The first-order valence-corrected chi connectivity index (χ1v) is 9.47. The number of carbonyl (C=O) groups is 1. The normalized spacial score (nSPS) is 11.5. The van der Waals surface area contributed by atoms with Gasteiger partial charge in [-0.2, -0.15) is 13.2 Å². The minimum Gasteiger partial charge on any atom is -0.294 e. The first kappa shape index (κ1) is 21.3. The molecule has 0 aliphatic heterocycles. The zero-order valence-electron chi connectivity index (χ0n) is 16.4. The third-order valence-corrected chi connectivity index (χ3v) is 5.01. The Morgan fingerprint density at radius 2 is 1.81 bits per heavy atom. The molecule has 9 heteroatoms. The van der Waals surface area contributed by atoms with Crippen LogP contribution in [0.4, 0.5) is 13.2 Å². The molecule has 0 saturated carbocycles. The molecule has 2 N–H and O–H groups in total. The molecule has 4 aromatic rings. The maximum absolute atomic E-state index is 13.4. The highest BCUT2D eigenvalue weighted by molar-refractivity contribution is 5.97. The van der Waals surface area contributed by atoms with Crippen LogP contribution in [0.2, 0.25) is 0 Å². The molecule has 162 valence electrons. The Kier molecular flexibility index (Phi) is 5.50. The van der Waals surface area contributed by atoms with E-state index in [2.05, 4.69) is 4.98 Å². The van der Waals surface area contributed by atoms with Crippen LogP contribution in [0.25, 0.3) is 22.0 Å². The number of fused-ring (bicyclic) bond motifs is 1. The number of carbonyl (C=O) groups excluding carboxylic acids is 1. The fraction of sp³-hybridized carbons (Fsp3) is 0.0870. The number of hydroxylamine groups is 1. The van der Waals surface area contributed by atoms with Gasteiger partial charge in [-0.3, -0.25) is 19.4 Å². The van der Waals surface area contributed by atoms with Gasteiger partial charge in [0.15, 0.2) is 0 Å². The molecule has 0 atom stereocenters. The Morgan fingerprint density at radius 3 is 2.56 bits per heavy atom. The molecule has 1 aromatic heterocycles. The molecular formula is C23H16F3N3O3. The quantitative estimate of drug-likeness (QED) is 0.368. The van der Waals surface area contributed by atoms with Crippen molar-refractivity contribution >= 4 is 16.8 Å². The first-order valence-electron chi connectivity index (χ1n) is 9.47. The minimum atomic E-state index is -4.50. The Morgan fingerprint density at radius 1 is 1.03 bits per heavy atom. The van der Waals surface area contributed by atoms with Crippen molar-refractivity contribution in [2.75, 3.05) is 0 Å². The Bertz CT molecular complexity index is 1380. The van der Waals surface area contributed by atoms with E-state index in [1.54, 1.807) is 24.3 Å². The molecule has 32 heavy (non-hydrogen) atoms. The molecular weight excluding hydrogens is 423 g/mol. The number of hydrogen-bond acceptors (Lipinski definition) is 4. The van der Waals surface area contributed by atoms with Crippen molar-refractivity contribution in [2.45, 2.75) is 12.7 Å². The molecule has 4 rings (SSSR count). The lowest BCUT2D eigenvalue weighted by Gasteiger charge is -2.14. The lowest BCUT2D eigenvalue weighted by atomic mass is 9.98. The summed E-state index contributed by atoms with van der Waals surface area (Å²) in [5.41, 5.74) is 1.82. The maximum Gasteiger partial charge on any atom is 0.417 e. The third-order valence-electron chi connectivity index (χ3n) is 5.01. The molecule has 0 radical (unpaired) electrons.